The third-order valence-corrected chi connectivity index (χ3v) is 21.1. The molecule has 9 aromatic rings. The first kappa shape index (κ1) is 82.3. The third-order valence-electron chi connectivity index (χ3n) is 21.1. The summed E-state index contributed by atoms with van der Waals surface area (Å²) in [5, 5.41) is 0. The molecule has 0 aliphatic carbocycles. The van der Waals surface area contributed by atoms with Crippen LogP contribution in [-0.4, -0.2) is 129 Å². The minimum absolute atomic E-state index is 0.110. The summed E-state index contributed by atoms with van der Waals surface area (Å²) in [6, 6.07) is 90.8. The van der Waals surface area contributed by atoms with Crippen molar-refractivity contribution in [2.75, 3.05) is 6.61 Å². The Morgan fingerprint density at radius 3 is 0.634 bits per heavy atom. The van der Waals surface area contributed by atoms with Crippen LogP contribution in [0.15, 0.2) is 273 Å². The van der Waals surface area contributed by atoms with Crippen LogP contribution in [0.2, 0.25) is 0 Å². The van der Waals surface area contributed by atoms with Crippen LogP contribution in [0.1, 0.15) is 123 Å². The number of benzene rings is 9. The molecule has 4 aliphatic rings. The number of unbranched alkanes of at least 4 members (excludes halogenated alkanes) is 5. The van der Waals surface area contributed by atoms with E-state index in [0.29, 0.717) is 13.2 Å². The fourth-order valence-electron chi connectivity index (χ4n) is 15.1. The van der Waals surface area contributed by atoms with Gasteiger partial charge in [0.15, 0.2) is 25.2 Å². The Morgan fingerprint density at radius 1 is 0.196 bits per heavy atom. The Kier molecular flexibility index (Phi) is 32.1. The summed E-state index contributed by atoms with van der Waals surface area (Å²) in [4.78, 5) is 0. The van der Waals surface area contributed by atoms with Crippen molar-refractivity contribution in [1.29, 1.82) is 0 Å². The molecule has 0 spiro atoms. The van der Waals surface area contributed by atoms with Gasteiger partial charge in [-0.1, -0.05) is 312 Å². The van der Waals surface area contributed by atoms with Crippen LogP contribution in [-0.2, 0) is 140 Å². The molecule has 594 valence electrons. The van der Waals surface area contributed by atoms with E-state index in [1.807, 2.05) is 276 Å². The van der Waals surface area contributed by atoms with Gasteiger partial charge >= 0.3 is 0 Å². The number of hydrogen-bond donors (Lipinski definition) is 0. The molecule has 17 nitrogen and oxygen atoms in total. The molecule has 0 N–H and O–H groups in total. The zero-order chi connectivity index (χ0) is 76.9. The topological polar surface area (TPSA) is 157 Å². The number of ether oxygens (including phenoxy) is 17. The first-order valence-electron chi connectivity index (χ1n) is 40.3. The lowest BCUT2D eigenvalue weighted by Gasteiger charge is -2.52. The molecule has 4 fully saturated rings. The van der Waals surface area contributed by atoms with E-state index in [1.54, 1.807) is 0 Å². The second-order valence-electron chi connectivity index (χ2n) is 29.6. The van der Waals surface area contributed by atoms with Crippen molar-refractivity contribution in [3.05, 3.63) is 323 Å². The van der Waals surface area contributed by atoms with Gasteiger partial charge in [-0.2, -0.15) is 0 Å². The van der Waals surface area contributed by atoms with Crippen molar-refractivity contribution in [1.82, 2.24) is 0 Å². The second kappa shape index (κ2) is 43.7. The smallest absolute Gasteiger partial charge is 0.187 e. The first-order chi connectivity index (χ1) is 55.2. The average Bonchev–Trinajstić information content (AvgIpc) is 0.762. The minimum atomic E-state index is -1.26. The Hall–Kier alpha value is -7.70. The molecule has 112 heavy (non-hydrogen) atoms. The molecule has 0 unspecified atom stereocenters. The van der Waals surface area contributed by atoms with Crippen LogP contribution in [0.5, 0.6) is 0 Å². The fourth-order valence-corrected chi connectivity index (χ4v) is 15.1. The van der Waals surface area contributed by atoms with Crippen LogP contribution in [0.4, 0.5) is 0 Å². The van der Waals surface area contributed by atoms with E-state index in [9.17, 15) is 0 Å². The molecular weight excluding hydrogens is 1410 g/mol. The molecule has 0 saturated carbocycles. The van der Waals surface area contributed by atoms with Gasteiger partial charge in [-0.3, -0.25) is 0 Å². The molecule has 0 bridgehead atoms. The summed E-state index contributed by atoms with van der Waals surface area (Å²) >= 11 is 0. The molecular formula is C95H112O17. The summed E-state index contributed by atoms with van der Waals surface area (Å²) in [6.07, 6.45) is -11.4. The Bertz CT molecular complexity index is 4020. The van der Waals surface area contributed by atoms with Gasteiger partial charge in [-0.05, 0) is 84.2 Å². The summed E-state index contributed by atoms with van der Waals surface area (Å²) in [5.74, 6) is 0. The van der Waals surface area contributed by atoms with E-state index in [0.717, 1.165) is 75.8 Å². The van der Waals surface area contributed by atoms with Crippen LogP contribution >= 0.6 is 0 Å². The SMILES string of the molecule is CCCCCCCCO[C@H]1O[C@@H](C)[C@@H](OCc2ccccc2)[C@@H](O[C@@H]2O[C@@H](C)[C@@H](OCc3ccccc3)[C@@H](O[C@@H]3O[C@@H](C)[C@@H](OCc4ccccc4)[C@@H](O[C@@H]4O[C@@H](C)[C@@H](OCc5ccccc5)[C@@H](OCc5ccccc5)[C@@H]4OCc4ccccc4)[C@@H]3OCc3ccccc3)[C@@H]2OCc2ccccc2)[C@@H]1OCc1ccccc1. The van der Waals surface area contributed by atoms with Crippen molar-refractivity contribution in [2.45, 2.75) is 255 Å². The summed E-state index contributed by atoms with van der Waals surface area (Å²) in [5.41, 5.74) is 8.54. The van der Waals surface area contributed by atoms with E-state index >= 15 is 0 Å². The van der Waals surface area contributed by atoms with E-state index in [4.69, 9.17) is 80.5 Å². The van der Waals surface area contributed by atoms with E-state index in [-0.39, 0.29) is 52.9 Å². The van der Waals surface area contributed by atoms with E-state index in [1.165, 1.54) is 12.8 Å². The Balaban J connectivity index is 0.913. The number of hydrogen-bond acceptors (Lipinski definition) is 17. The van der Waals surface area contributed by atoms with Gasteiger partial charge in [0.1, 0.15) is 73.2 Å². The van der Waals surface area contributed by atoms with Crippen LogP contribution in [0, 0.1) is 0 Å². The van der Waals surface area contributed by atoms with Crippen LogP contribution in [0.3, 0.4) is 0 Å². The molecule has 4 saturated heterocycles. The Morgan fingerprint density at radius 2 is 0.384 bits per heavy atom. The van der Waals surface area contributed by atoms with E-state index < -0.39 is 123 Å². The highest BCUT2D eigenvalue weighted by Gasteiger charge is 2.58. The van der Waals surface area contributed by atoms with Crippen molar-refractivity contribution >= 4 is 0 Å². The predicted molar refractivity (Wildman–Crippen MR) is 426 cm³/mol. The first-order valence-corrected chi connectivity index (χ1v) is 40.3. The van der Waals surface area contributed by atoms with Gasteiger partial charge < -0.3 is 80.5 Å². The molecule has 20 atom stereocenters. The van der Waals surface area contributed by atoms with Gasteiger partial charge in [0.2, 0.25) is 0 Å². The monoisotopic (exact) mass is 1520 g/mol. The van der Waals surface area contributed by atoms with Crippen molar-refractivity contribution in [2.24, 2.45) is 0 Å². The zero-order valence-corrected chi connectivity index (χ0v) is 65.3. The zero-order valence-electron chi connectivity index (χ0n) is 65.3. The average molecular weight is 1530 g/mol. The molecule has 13 rings (SSSR count). The quantitative estimate of drug-likeness (QED) is 0.0333. The Labute approximate surface area is 662 Å². The van der Waals surface area contributed by atoms with Crippen molar-refractivity contribution in [3.63, 3.8) is 0 Å². The largest absolute Gasteiger partial charge is 0.368 e. The molecule has 0 amide bonds. The van der Waals surface area contributed by atoms with Crippen LogP contribution < -0.4 is 0 Å². The summed E-state index contributed by atoms with van der Waals surface area (Å²) in [6.45, 7) is 12.5. The lowest BCUT2D eigenvalue weighted by molar-refractivity contribution is -0.400. The minimum Gasteiger partial charge on any atom is -0.368 e. The van der Waals surface area contributed by atoms with Crippen LogP contribution in [0.25, 0.3) is 0 Å². The molecule has 4 heterocycles. The van der Waals surface area contributed by atoms with Gasteiger partial charge in [0, 0.05) is 6.61 Å². The van der Waals surface area contributed by atoms with Gasteiger partial charge in [-0.15, -0.1) is 0 Å². The number of rotatable bonds is 41. The molecule has 4 aliphatic heterocycles. The van der Waals surface area contributed by atoms with Crippen molar-refractivity contribution in [3.8, 4) is 0 Å². The fraction of sp³-hybridized carbons (Fsp3) is 0.432. The summed E-state index contributed by atoms with van der Waals surface area (Å²) < 4.78 is 125. The highest BCUT2D eigenvalue weighted by molar-refractivity contribution is 5.21. The van der Waals surface area contributed by atoms with Gasteiger partial charge in [-0.25, -0.2) is 0 Å². The highest BCUT2D eigenvalue weighted by atomic mass is 16.8. The molecule has 9 aromatic carbocycles. The standard InChI is InChI=1S/C95H112O17/c1-6-7-8-9-10-38-57-96-92-89(103-64-77-51-32-17-33-52-77)85(81(68(3)106-92)98-59-72-41-22-12-23-42-72)110-94-91(105-66-79-55-36-19-37-56-79)87(83(70(5)108-94)100-61-74-45-26-14-27-46-74)112-95-90(104-65-78-53-34-18-35-54-78)86(82(69(4)109-95)99-60-73-43-24-13-25-44-73)111-93-88(102-63-76-49-30-16-31-50-76)84(101-62-75-47-28-15-29-48-75)80(67(2)107-93)97-58-71-39-20-11-21-40-71/h11-37,39-56,67-70,80-95H,6-10,38,57-66H2,1-5H3/t67-,68-,69-,70-,80+,81+,82+,83+,84+,85+,86+,87+,88-,89-,90-,91-,92-,93-,94-,95-/m0/s1. The predicted octanol–water partition coefficient (Wildman–Crippen LogP) is 17.8. The van der Waals surface area contributed by atoms with Crippen molar-refractivity contribution < 1.29 is 80.5 Å². The third kappa shape index (κ3) is 23.7. The lowest BCUT2D eigenvalue weighted by atomic mass is 9.95. The molecule has 0 aromatic heterocycles. The molecule has 0 radical (unpaired) electrons. The normalized spacial score (nSPS) is 28.0. The highest BCUT2D eigenvalue weighted by Crippen LogP contribution is 2.41. The second-order valence-corrected chi connectivity index (χ2v) is 29.6. The van der Waals surface area contributed by atoms with Gasteiger partial charge in [0.05, 0.1) is 83.9 Å². The summed E-state index contributed by atoms with van der Waals surface area (Å²) in [7, 11) is 0. The lowest BCUT2D eigenvalue weighted by Crippen LogP contribution is -2.68. The maximum atomic E-state index is 7.96. The molecule has 17 heteroatoms. The van der Waals surface area contributed by atoms with E-state index in [2.05, 4.69) is 31.2 Å². The van der Waals surface area contributed by atoms with Gasteiger partial charge in [0.25, 0.3) is 0 Å². The maximum absolute atomic E-state index is 7.96. The maximum Gasteiger partial charge on any atom is 0.187 e.